The number of nitro benzene ring substituents is 1. The third kappa shape index (κ3) is 4.70. The first-order valence-corrected chi connectivity index (χ1v) is 14.6. The molecular formula is C26H27N6O8S2+. The van der Waals surface area contributed by atoms with Crippen molar-refractivity contribution in [2.75, 3.05) is 5.75 Å². The molecule has 0 saturated carbocycles. The molecule has 0 radical (unpaired) electrons. The molecule has 1 aromatic carbocycles. The third-order valence-corrected chi connectivity index (χ3v) is 9.98. The highest BCUT2D eigenvalue weighted by molar-refractivity contribution is 8.00. The molecule has 220 valence electrons. The monoisotopic (exact) mass is 615 g/mol. The minimum atomic E-state index is -0.940. The number of nitrogens with two attached hydrogens (primary N) is 2. The van der Waals surface area contributed by atoms with Gasteiger partial charge in [0.05, 0.1) is 33.6 Å². The Balaban J connectivity index is 1.58. The van der Waals surface area contributed by atoms with Crippen molar-refractivity contribution in [3.8, 4) is 0 Å². The van der Waals surface area contributed by atoms with Gasteiger partial charge in [-0.25, -0.2) is 9.59 Å². The average molecular weight is 616 g/mol. The van der Waals surface area contributed by atoms with Crippen molar-refractivity contribution < 1.29 is 38.3 Å². The van der Waals surface area contributed by atoms with Crippen LogP contribution in [0.4, 0.5) is 10.5 Å². The quantitative estimate of drug-likeness (QED) is 0.0791. The lowest BCUT2D eigenvalue weighted by molar-refractivity contribution is -0.515. The predicted octanol–water partition coefficient (Wildman–Crippen LogP) is 1.32. The number of thiazole rings is 1. The van der Waals surface area contributed by atoms with Gasteiger partial charge in [0.15, 0.2) is 0 Å². The number of benzene rings is 1. The second kappa shape index (κ2) is 10.8. The van der Waals surface area contributed by atoms with Gasteiger partial charge in [0, 0.05) is 23.6 Å². The Morgan fingerprint density at radius 2 is 1.93 bits per heavy atom. The number of non-ortho nitro benzene ring substituents is 1. The van der Waals surface area contributed by atoms with E-state index in [2.05, 4.69) is 0 Å². The highest BCUT2D eigenvalue weighted by Gasteiger charge is 2.60. The summed E-state index contributed by atoms with van der Waals surface area (Å²) in [7, 11) is 0. The molecule has 2 aliphatic rings. The number of fused-ring (bicyclic) bond motifs is 2. The molecule has 4 atom stereocenters. The van der Waals surface area contributed by atoms with Crippen LogP contribution in [0.1, 0.15) is 30.0 Å². The topological polar surface area (TPSA) is 205 Å². The molecule has 5 rings (SSSR count). The Bertz CT molecular complexity index is 1690. The van der Waals surface area contributed by atoms with Crippen molar-refractivity contribution in [1.82, 2.24) is 9.47 Å². The van der Waals surface area contributed by atoms with Crippen molar-refractivity contribution in [3.63, 3.8) is 0 Å². The molecule has 3 aromatic rings. The number of nitrogens with zero attached hydrogens (tertiary/aromatic N) is 4. The highest BCUT2D eigenvalue weighted by Crippen LogP contribution is 2.52. The number of imidazole rings is 1. The van der Waals surface area contributed by atoms with Gasteiger partial charge in [-0.05, 0) is 31.5 Å². The summed E-state index contributed by atoms with van der Waals surface area (Å²) in [6.07, 6.45) is 0.547. The number of primary amides is 2. The Morgan fingerprint density at radius 3 is 2.50 bits per heavy atom. The first kappa shape index (κ1) is 29.2. The fourth-order valence-corrected chi connectivity index (χ4v) is 7.88. The minimum absolute atomic E-state index is 0.0537. The van der Waals surface area contributed by atoms with E-state index in [1.807, 2.05) is 6.92 Å². The predicted molar refractivity (Wildman–Crippen MR) is 150 cm³/mol. The number of rotatable bonds is 9. The van der Waals surface area contributed by atoms with Crippen LogP contribution in [0.15, 0.2) is 41.3 Å². The summed E-state index contributed by atoms with van der Waals surface area (Å²) in [6.45, 7) is 5.00. The van der Waals surface area contributed by atoms with Gasteiger partial charge in [-0.2, -0.15) is 4.40 Å². The van der Waals surface area contributed by atoms with E-state index in [1.165, 1.54) is 58.3 Å². The summed E-state index contributed by atoms with van der Waals surface area (Å²) < 4.78 is 8.53. The van der Waals surface area contributed by atoms with E-state index in [1.54, 1.807) is 11.3 Å². The van der Waals surface area contributed by atoms with Crippen molar-refractivity contribution in [2.24, 2.45) is 23.3 Å². The normalized spacial score (nSPS) is 20.4. The Hall–Kier alpha value is -4.28. The molecule has 0 aliphatic carbocycles. The van der Waals surface area contributed by atoms with Crippen LogP contribution >= 0.6 is 23.1 Å². The number of β-lactam (4-membered cyclic amide) rings is 1. The molecule has 14 nitrogen and oxygen atoms in total. The van der Waals surface area contributed by atoms with E-state index in [-0.39, 0.29) is 29.7 Å². The summed E-state index contributed by atoms with van der Waals surface area (Å²) >= 11 is 2.30. The average Bonchev–Trinajstić information content (AvgIpc) is 3.52. The molecule has 2 aromatic heterocycles. The summed E-state index contributed by atoms with van der Waals surface area (Å²) in [4.78, 5) is 63.4. The lowest BCUT2D eigenvalue weighted by Gasteiger charge is -2.46. The molecule has 1 saturated heterocycles. The highest BCUT2D eigenvalue weighted by atomic mass is 32.2. The van der Waals surface area contributed by atoms with Crippen LogP contribution in [0, 0.1) is 28.9 Å². The number of hydrogen-bond acceptors (Lipinski definition) is 10. The fourth-order valence-electron chi connectivity index (χ4n) is 5.50. The molecule has 2 aliphatic heterocycles. The van der Waals surface area contributed by atoms with Gasteiger partial charge in [-0.1, -0.05) is 30.0 Å². The Morgan fingerprint density at radius 1 is 1.26 bits per heavy atom. The summed E-state index contributed by atoms with van der Waals surface area (Å²) in [5.74, 6) is -2.91. The van der Waals surface area contributed by atoms with E-state index in [0.717, 1.165) is 11.8 Å². The van der Waals surface area contributed by atoms with E-state index in [4.69, 9.17) is 16.2 Å². The zero-order valence-electron chi connectivity index (χ0n) is 22.7. The first-order chi connectivity index (χ1) is 19.8. The molecule has 16 heteroatoms. The van der Waals surface area contributed by atoms with Gasteiger partial charge in [0.1, 0.15) is 18.0 Å². The zero-order valence-corrected chi connectivity index (χ0v) is 24.3. The van der Waals surface area contributed by atoms with Crippen LogP contribution in [0.3, 0.4) is 0 Å². The summed E-state index contributed by atoms with van der Waals surface area (Å²) in [5, 5.41) is 21.7. The second-order valence-corrected chi connectivity index (χ2v) is 12.1. The van der Waals surface area contributed by atoms with Crippen LogP contribution in [-0.4, -0.2) is 61.2 Å². The van der Waals surface area contributed by atoms with Crippen molar-refractivity contribution in [3.05, 3.63) is 62.5 Å². The van der Waals surface area contributed by atoms with Gasteiger partial charge in [0.25, 0.3) is 12.0 Å². The van der Waals surface area contributed by atoms with E-state index in [0.29, 0.717) is 31.6 Å². The number of amides is 3. The largest absolute Gasteiger partial charge is 0.456 e. The smallest absolute Gasteiger partial charge is 0.411 e. The number of thioether (sulfide) groups is 1. The van der Waals surface area contributed by atoms with Crippen LogP contribution in [0.25, 0.3) is 10.4 Å². The third-order valence-electron chi connectivity index (χ3n) is 7.46. The molecule has 3 amide bonds. The number of hydrogen-bond donors (Lipinski definition) is 3. The van der Waals surface area contributed by atoms with Crippen LogP contribution in [-0.2, 0) is 25.7 Å². The number of esters is 1. The van der Waals surface area contributed by atoms with Gasteiger partial charge in [0.2, 0.25) is 21.7 Å². The van der Waals surface area contributed by atoms with Gasteiger partial charge in [-0.15, -0.1) is 4.57 Å². The number of nitro groups is 1. The maximum atomic E-state index is 13.6. The summed E-state index contributed by atoms with van der Waals surface area (Å²) in [5.41, 5.74) is 12.6. The molecule has 4 heterocycles. The molecular weight excluding hydrogens is 588 g/mol. The van der Waals surface area contributed by atoms with Crippen molar-refractivity contribution in [2.45, 2.75) is 44.5 Å². The number of aromatic nitrogens is 2. The molecule has 0 unspecified atom stereocenters. The van der Waals surface area contributed by atoms with Crippen LogP contribution in [0.5, 0.6) is 0 Å². The lowest BCUT2D eigenvalue weighted by Crippen LogP contribution is -2.63. The summed E-state index contributed by atoms with van der Waals surface area (Å²) in [6, 6.07) is 4.33. The van der Waals surface area contributed by atoms with E-state index in [9.17, 15) is 34.4 Å². The number of ether oxygens (including phenoxy) is 1. The second-order valence-electron chi connectivity index (χ2n) is 10.1. The number of aryl methyl sites for hydroxylation is 1. The molecule has 0 spiro atoms. The number of carbonyl (C=O) groups excluding carboxylic acids is 4. The maximum Gasteiger partial charge on any atom is 0.411 e. The number of aliphatic hydroxyl groups is 1. The maximum absolute atomic E-state index is 13.6. The number of carbonyl (C=O) groups is 4. The Kier molecular flexibility index (Phi) is 7.55. The van der Waals surface area contributed by atoms with Gasteiger partial charge < -0.3 is 26.2 Å². The molecule has 42 heavy (non-hydrogen) atoms. The van der Waals surface area contributed by atoms with Crippen molar-refractivity contribution in [1.29, 1.82) is 0 Å². The van der Waals surface area contributed by atoms with E-state index < -0.39 is 46.8 Å². The minimum Gasteiger partial charge on any atom is -0.456 e. The zero-order chi connectivity index (χ0) is 30.6. The molecule has 5 N–H and O–H groups in total. The SMILES string of the molecule is Cc1c(C2=C(C(=O)OCc3ccc([N+](=O)[O-])cc3)N3C(=O)[C@H]([C@@H](C)O)[C@H]3[C@H]2C)sc2c(SCC(N)=O)n(C(N)=O)c[n+]12. The van der Waals surface area contributed by atoms with Crippen molar-refractivity contribution >= 4 is 63.0 Å². The first-order valence-electron chi connectivity index (χ1n) is 12.8. The van der Waals surface area contributed by atoms with Crippen LogP contribution in [0.2, 0.25) is 0 Å². The van der Waals surface area contributed by atoms with E-state index >= 15 is 0 Å². The molecule has 1 fully saturated rings. The Labute approximate surface area is 246 Å². The molecule has 0 bridgehead atoms. The fraction of sp³-hybridized carbons (Fsp3) is 0.346. The standard InChI is InChI=1S/C26H26N6O8S2/c1-11-17(21-12(2)29-10-30(26(28)37)23(24(29)42-21)41-9-16(27)34)20(31-19(11)18(13(3)33)22(31)35)25(36)40-8-14-4-6-15(7-5-14)32(38)39/h4-7,10-11,13,18-19,33H,8-9H2,1-3H3,(H3-,27,28,34,37)/p+1/t11-,13+,18+,19+/m0/s1. The van der Waals surface area contributed by atoms with Crippen LogP contribution < -0.4 is 15.9 Å². The lowest BCUT2D eigenvalue weighted by atomic mass is 9.77. The van der Waals surface area contributed by atoms with Gasteiger partial charge >= 0.3 is 12.0 Å². The number of aliphatic hydroxyl groups excluding tert-OH is 1. The van der Waals surface area contributed by atoms with Gasteiger partial charge in [-0.3, -0.25) is 19.7 Å².